The highest BCUT2D eigenvalue weighted by Crippen LogP contribution is 2.10. The van der Waals surface area contributed by atoms with Crippen molar-refractivity contribution < 1.29 is 13.5 Å². The third-order valence-electron chi connectivity index (χ3n) is 3.37. The number of rotatable bonds is 5. The quantitative estimate of drug-likeness (QED) is 0.433. The molecule has 0 aromatic heterocycles. The molecular formula is C15H22F2IN3O. The first-order valence-electron chi connectivity index (χ1n) is 7.18. The normalized spacial score (nSPS) is 18.0. The summed E-state index contributed by atoms with van der Waals surface area (Å²) in [4.78, 5) is 4.11. The standard InChI is InChI=1S/C15H21F2N3O.HI/c1-18-15(20-10-14-3-2-6-21-14)19-5-4-11-7-12(16)9-13(17)8-11;/h7-9,14H,2-6,10H2,1H3,(H2,18,19,20);1H. The minimum atomic E-state index is -0.550. The Kier molecular flexibility index (Phi) is 8.62. The molecule has 2 N–H and O–H groups in total. The molecule has 2 rings (SSSR count). The molecule has 7 heteroatoms. The van der Waals surface area contributed by atoms with Gasteiger partial charge < -0.3 is 15.4 Å². The van der Waals surface area contributed by atoms with E-state index in [1.54, 1.807) is 7.05 Å². The van der Waals surface area contributed by atoms with Crippen molar-refractivity contribution in [3.8, 4) is 0 Å². The van der Waals surface area contributed by atoms with Crippen LogP contribution >= 0.6 is 24.0 Å². The van der Waals surface area contributed by atoms with Gasteiger partial charge in [-0.25, -0.2) is 8.78 Å². The smallest absolute Gasteiger partial charge is 0.191 e. The minimum Gasteiger partial charge on any atom is -0.376 e. The van der Waals surface area contributed by atoms with Gasteiger partial charge in [0.1, 0.15) is 11.6 Å². The molecule has 22 heavy (non-hydrogen) atoms. The zero-order valence-electron chi connectivity index (χ0n) is 12.6. The highest BCUT2D eigenvalue weighted by molar-refractivity contribution is 14.0. The van der Waals surface area contributed by atoms with E-state index in [9.17, 15) is 8.78 Å². The van der Waals surface area contributed by atoms with E-state index < -0.39 is 11.6 Å². The average Bonchev–Trinajstić information content (AvgIpc) is 2.94. The Morgan fingerprint density at radius 3 is 2.59 bits per heavy atom. The summed E-state index contributed by atoms with van der Waals surface area (Å²) in [6, 6.07) is 3.56. The SMILES string of the molecule is CN=C(NCCc1cc(F)cc(F)c1)NCC1CCCO1.I. The van der Waals surface area contributed by atoms with Gasteiger partial charge >= 0.3 is 0 Å². The van der Waals surface area contributed by atoms with Gasteiger partial charge in [-0.3, -0.25) is 4.99 Å². The second kappa shape index (κ2) is 9.94. The highest BCUT2D eigenvalue weighted by atomic mass is 127. The van der Waals surface area contributed by atoms with Crippen LogP contribution < -0.4 is 10.6 Å². The molecule has 1 saturated heterocycles. The summed E-state index contributed by atoms with van der Waals surface area (Å²) < 4.78 is 31.6. The van der Waals surface area contributed by atoms with Crippen molar-refractivity contribution in [2.24, 2.45) is 4.99 Å². The maximum Gasteiger partial charge on any atom is 0.191 e. The molecule has 1 unspecified atom stereocenters. The third kappa shape index (κ3) is 6.43. The Morgan fingerprint density at radius 2 is 2.00 bits per heavy atom. The van der Waals surface area contributed by atoms with Crippen molar-refractivity contribution in [2.45, 2.75) is 25.4 Å². The summed E-state index contributed by atoms with van der Waals surface area (Å²) >= 11 is 0. The lowest BCUT2D eigenvalue weighted by atomic mass is 10.1. The fourth-order valence-electron chi connectivity index (χ4n) is 2.32. The van der Waals surface area contributed by atoms with Gasteiger partial charge in [-0.1, -0.05) is 0 Å². The lowest BCUT2D eigenvalue weighted by Crippen LogP contribution is -2.41. The van der Waals surface area contributed by atoms with E-state index in [-0.39, 0.29) is 30.1 Å². The maximum atomic E-state index is 13.1. The molecule has 0 aliphatic carbocycles. The van der Waals surface area contributed by atoms with Crippen molar-refractivity contribution >= 4 is 29.9 Å². The number of aliphatic imine (C=N–C) groups is 1. The molecule has 1 aliphatic rings. The molecule has 1 fully saturated rings. The van der Waals surface area contributed by atoms with Gasteiger partial charge in [0, 0.05) is 32.8 Å². The molecular weight excluding hydrogens is 403 g/mol. The van der Waals surface area contributed by atoms with Crippen LogP contribution in [0.25, 0.3) is 0 Å². The van der Waals surface area contributed by atoms with Crippen LogP contribution in [0.4, 0.5) is 8.78 Å². The number of halogens is 3. The average molecular weight is 425 g/mol. The summed E-state index contributed by atoms with van der Waals surface area (Å²) in [5.74, 6) is -0.431. The molecule has 0 radical (unpaired) electrons. The predicted molar refractivity (Wildman–Crippen MR) is 93.8 cm³/mol. The van der Waals surface area contributed by atoms with Crippen LogP contribution in [0.3, 0.4) is 0 Å². The second-order valence-electron chi connectivity index (χ2n) is 5.04. The first-order chi connectivity index (χ1) is 10.2. The van der Waals surface area contributed by atoms with Crippen LogP contribution in [0, 0.1) is 11.6 Å². The van der Waals surface area contributed by atoms with E-state index in [1.807, 2.05) is 0 Å². The van der Waals surface area contributed by atoms with Gasteiger partial charge in [0.2, 0.25) is 0 Å². The van der Waals surface area contributed by atoms with E-state index in [0.717, 1.165) is 25.5 Å². The lowest BCUT2D eigenvalue weighted by molar-refractivity contribution is 0.114. The van der Waals surface area contributed by atoms with Gasteiger partial charge in [-0.15, -0.1) is 24.0 Å². The van der Waals surface area contributed by atoms with E-state index >= 15 is 0 Å². The molecule has 4 nitrogen and oxygen atoms in total. The van der Waals surface area contributed by atoms with E-state index in [1.165, 1.54) is 12.1 Å². The van der Waals surface area contributed by atoms with Gasteiger partial charge in [-0.2, -0.15) is 0 Å². The van der Waals surface area contributed by atoms with Gasteiger partial charge in [-0.05, 0) is 37.0 Å². The lowest BCUT2D eigenvalue weighted by Gasteiger charge is -2.15. The van der Waals surface area contributed by atoms with E-state index in [4.69, 9.17) is 4.74 Å². The number of benzene rings is 1. The Morgan fingerprint density at radius 1 is 1.27 bits per heavy atom. The van der Waals surface area contributed by atoms with Crippen LogP contribution in [-0.4, -0.2) is 38.8 Å². The molecule has 0 amide bonds. The molecule has 0 spiro atoms. The third-order valence-corrected chi connectivity index (χ3v) is 3.37. The van der Waals surface area contributed by atoms with Crippen molar-refractivity contribution in [1.82, 2.24) is 10.6 Å². The van der Waals surface area contributed by atoms with Crippen molar-refractivity contribution in [3.63, 3.8) is 0 Å². The Labute approximate surface area is 146 Å². The number of hydrogen-bond donors (Lipinski definition) is 2. The zero-order chi connectivity index (χ0) is 15.1. The van der Waals surface area contributed by atoms with Crippen molar-refractivity contribution in [3.05, 3.63) is 35.4 Å². The highest BCUT2D eigenvalue weighted by Gasteiger charge is 2.15. The Balaban J connectivity index is 0.00000242. The fraction of sp³-hybridized carbons (Fsp3) is 0.533. The van der Waals surface area contributed by atoms with Crippen LogP contribution in [0.5, 0.6) is 0 Å². The summed E-state index contributed by atoms with van der Waals surface area (Å²) in [6.07, 6.45) is 2.92. The molecule has 0 saturated carbocycles. The van der Waals surface area contributed by atoms with E-state index in [0.29, 0.717) is 31.0 Å². The maximum absolute atomic E-state index is 13.1. The topological polar surface area (TPSA) is 45.7 Å². The number of nitrogens with zero attached hydrogens (tertiary/aromatic N) is 1. The number of nitrogens with one attached hydrogen (secondary N) is 2. The van der Waals surface area contributed by atoms with Crippen LogP contribution in [0.1, 0.15) is 18.4 Å². The minimum absolute atomic E-state index is 0. The first-order valence-corrected chi connectivity index (χ1v) is 7.18. The van der Waals surface area contributed by atoms with Crippen LogP contribution in [0.15, 0.2) is 23.2 Å². The Bertz CT molecular complexity index is 473. The number of ether oxygens (including phenoxy) is 1. The van der Waals surface area contributed by atoms with Gasteiger partial charge in [0.15, 0.2) is 5.96 Å². The zero-order valence-corrected chi connectivity index (χ0v) is 14.9. The summed E-state index contributed by atoms with van der Waals surface area (Å²) in [5, 5.41) is 6.31. The van der Waals surface area contributed by atoms with Crippen molar-refractivity contribution in [1.29, 1.82) is 0 Å². The summed E-state index contributed by atoms with van der Waals surface area (Å²) in [7, 11) is 1.69. The number of guanidine groups is 1. The molecule has 124 valence electrons. The molecule has 1 aromatic rings. The summed E-state index contributed by atoms with van der Waals surface area (Å²) in [6.45, 7) is 2.09. The van der Waals surface area contributed by atoms with E-state index in [2.05, 4.69) is 15.6 Å². The van der Waals surface area contributed by atoms with Crippen LogP contribution in [-0.2, 0) is 11.2 Å². The predicted octanol–water partition coefficient (Wildman–Crippen LogP) is 2.47. The van der Waals surface area contributed by atoms with Gasteiger partial charge in [0.25, 0.3) is 0 Å². The van der Waals surface area contributed by atoms with Crippen LogP contribution in [0.2, 0.25) is 0 Å². The molecule has 1 heterocycles. The largest absolute Gasteiger partial charge is 0.376 e. The molecule has 0 bridgehead atoms. The molecule has 1 atom stereocenters. The fourth-order valence-corrected chi connectivity index (χ4v) is 2.32. The monoisotopic (exact) mass is 425 g/mol. The Hall–Kier alpha value is -0.960. The van der Waals surface area contributed by atoms with Crippen molar-refractivity contribution in [2.75, 3.05) is 26.7 Å². The second-order valence-corrected chi connectivity index (χ2v) is 5.04. The summed E-state index contributed by atoms with van der Waals surface area (Å²) in [5.41, 5.74) is 0.620. The molecule has 1 aromatic carbocycles. The molecule has 1 aliphatic heterocycles. The number of hydrogen-bond acceptors (Lipinski definition) is 2. The van der Waals surface area contributed by atoms with Gasteiger partial charge in [0.05, 0.1) is 6.10 Å². The first kappa shape index (κ1) is 19.1.